The summed E-state index contributed by atoms with van der Waals surface area (Å²) < 4.78 is 21.3. The van der Waals surface area contributed by atoms with E-state index < -0.39 is 0 Å². The first-order valence-electron chi connectivity index (χ1n) is 13.9. The van der Waals surface area contributed by atoms with Gasteiger partial charge in [0, 0.05) is 35.8 Å². The van der Waals surface area contributed by atoms with Gasteiger partial charge in [0.2, 0.25) is 0 Å². The SMILES string of the molecule is CCC(CC)N1CC(n2cc(-c3ccc4ncnc(Nc5ccc(OCc6cccc(F)c6)c(Cl)c5)c4c3)nn2)C1. The molecule has 210 valence electrons. The van der Waals surface area contributed by atoms with Crippen LogP contribution < -0.4 is 10.1 Å². The van der Waals surface area contributed by atoms with Gasteiger partial charge in [-0.1, -0.05) is 48.9 Å². The minimum absolute atomic E-state index is 0.213. The van der Waals surface area contributed by atoms with E-state index in [1.54, 1.807) is 24.3 Å². The summed E-state index contributed by atoms with van der Waals surface area (Å²) in [7, 11) is 0. The number of likely N-dealkylation sites (tertiary alicyclic amines) is 1. The van der Waals surface area contributed by atoms with Gasteiger partial charge in [-0.3, -0.25) is 4.90 Å². The minimum atomic E-state index is -0.302. The van der Waals surface area contributed by atoms with Gasteiger partial charge in [-0.25, -0.2) is 19.0 Å². The van der Waals surface area contributed by atoms with Crippen molar-refractivity contribution < 1.29 is 9.13 Å². The van der Waals surface area contributed by atoms with Crippen LogP contribution in [0.4, 0.5) is 15.9 Å². The Balaban J connectivity index is 1.17. The first-order valence-corrected chi connectivity index (χ1v) is 14.2. The number of nitrogens with zero attached hydrogens (tertiary/aromatic N) is 6. The minimum Gasteiger partial charge on any atom is -0.487 e. The van der Waals surface area contributed by atoms with E-state index >= 15 is 0 Å². The first-order chi connectivity index (χ1) is 20.0. The molecule has 0 aliphatic carbocycles. The number of benzene rings is 3. The van der Waals surface area contributed by atoms with Gasteiger partial charge >= 0.3 is 0 Å². The first kappa shape index (κ1) is 27.1. The van der Waals surface area contributed by atoms with Gasteiger partial charge in [0.05, 0.1) is 22.8 Å². The van der Waals surface area contributed by atoms with E-state index in [-0.39, 0.29) is 12.4 Å². The Labute approximate surface area is 243 Å². The zero-order valence-corrected chi connectivity index (χ0v) is 23.7. The average molecular weight is 572 g/mol. The lowest BCUT2D eigenvalue weighted by Crippen LogP contribution is -2.52. The van der Waals surface area contributed by atoms with Gasteiger partial charge in [-0.15, -0.1) is 5.10 Å². The molecule has 0 bridgehead atoms. The van der Waals surface area contributed by atoms with Crippen LogP contribution in [0, 0.1) is 5.82 Å². The molecular formula is C31H31ClFN7O. The normalized spacial score (nSPS) is 14.0. The Morgan fingerprint density at radius 2 is 1.90 bits per heavy atom. The maximum absolute atomic E-state index is 13.5. The number of rotatable bonds is 10. The fourth-order valence-electron chi connectivity index (χ4n) is 5.28. The van der Waals surface area contributed by atoms with E-state index in [0.717, 1.165) is 46.5 Å². The summed E-state index contributed by atoms with van der Waals surface area (Å²) >= 11 is 6.51. The molecule has 0 unspecified atom stereocenters. The molecule has 41 heavy (non-hydrogen) atoms. The second kappa shape index (κ2) is 11.8. The topological polar surface area (TPSA) is 81.0 Å². The van der Waals surface area contributed by atoms with E-state index in [2.05, 4.69) is 44.3 Å². The summed E-state index contributed by atoms with van der Waals surface area (Å²) in [6, 6.07) is 18.7. The zero-order chi connectivity index (χ0) is 28.3. The smallest absolute Gasteiger partial charge is 0.141 e. The zero-order valence-electron chi connectivity index (χ0n) is 23.0. The quantitative estimate of drug-likeness (QED) is 0.192. The van der Waals surface area contributed by atoms with Crippen LogP contribution in [0.3, 0.4) is 0 Å². The third-order valence-electron chi connectivity index (χ3n) is 7.64. The van der Waals surface area contributed by atoms with Gasteiger partial charge in [0.1, 0.15) is 36.0 Å². The Kier molecular flexibility index (Phi) is 7.80. The number of aromatic nitrogens is 5. The highest BCUT2D eigenvalue weighted by Crippen LogP contribution is 2.33. The summed E-state index contributed by atoms with van der Waals surface area (Å²) in [4.78, 5) is 11.4. The third kappa shape index (κ3) is 5.87. The molecule has 0 atom stereocenters. The molecule has 1 aliphatic rings. The lowest BCUT2D eigenvalue weighted by atomic mass is 10.0. The Bertz CT molecular complexity index is 1670. The van der Waals surface area contributed by atoms with Crippen LogP contribution in [0.15, 0.2) is 73.2 Å². The van der Waals surface area contributed by atoms with Gasteiger partial charge in [-0.05, 0) is 60.9 Å². The van der Waals surface area contributed by atoms with Crippen molar-refractivity contribution >= 4 is 34.0 Å². The van der Waals surface area contributed by atoms with E-state index in [0.29, 0.717) is 28.7 Å². The molecule has 1 saturated heterocycles. The molecule has 10 heteroatoms. The average Bonchev–Trinajstić information content (AvgIpc) is 3.44. The van der Waals surface area contributed by atoms with E-state index in [1.807, 2.05) is 35.1 Å². The Morgan fingerprint density at radius 1 is 1.05 bits per heavy atom. The molecule has 0 spiro atoms. The standard InChI is InChI=1S/C31H31ClFN7O/c1-3-24(4-2)39-15-25(16-39)40-17-29(37-38-40)21-8-10-28-26(13-21)31(35-19-34-28)36-23-9-11-30(27(32)14-23)41-18-20-6-5-7-22(33)12-20/h5-14,17,19,24-25H,3-4,15-16,18H2,1-2H3,(H,34,35,36). The molecule has 1 aliphatic heterocycles. The predicted octanol–water partition coefficient (Wildman–Crippen LogP) is 7.05. The van der Waals surface area contributed by atoms with Crippen molar-refractivity contribution in [2.75, 3.05) is 18.4 Å². The van der Waals surface area contributed by atoms with Crippen molar-refractivity contribution in [3.63, 3.8) is 0 Å². The van der Waals surface area contributed by atoms with Crippen molar-refractivity contribution in [2.45, 2.75) is 45.4 Å². The van der Waals surface area contributed by atoms with Crippen molar-refractivity contribution in [1.29, 1.82) is 0 Å². The Hall–Kier alpha value is -4.08. The molecule has 8 nitrogen and oxygen atoms in total. The Morgan fingerprint density at radius 3 is 2.68 bits per heavy atom. The molecule has 1 fully saturated rings. The van der Waals surface area contributed by atoms with Crippen molar-refractivity contribution in [2.24, 2.45) is 0 Å². The number of nitrogens with one attached hydrogen (secondary N) is 1. The molecule has 3 aromatic carbocycles. The molecular weight excluding hydrogens is 541 g/mol. The van der Waals surface area contributed by atoms with Crippen molar-refractivity contribution in [1.82, 2.24) is 29.9 Å². The van der Waals surface area contributed by atoms with Crippen molar-refractivity contribution in [3.05, 3.63) is 89.6 Å². The van der Waals surface area contributed by atoms with Crippen molar-refractivity contribution in [3.8, 4) is 17.0 Å². The maximum Gasteiger partial charge on any atom is 0.141 e. The van der Waals surface area contributed by atoms with Gasteiger partial charge < -0.3 is 10.1 Å². The summed E-state index contributed by atoms with van der Waals surface area (Å²) in [6.07, 6.45) is 5.89. The number of ether oxygens (including phenoxy) is 1. The number of fused-ring (bicyclic) bond motifs is 1. The molecule has 2 aromatic heterocycles. The molecule has 3 heterocycles. The third-order valence-corrected chi connectivity index (χ3v) is 7.94. The molecule has 0 radical (unpaired) electrons. The van der Waals surface area contributed by atoms with Crippen LogP contribution in [0.5, 0.6) is 5.75 Å². The monoisotopic (exact) mass is 571 g/mol. The highest BCUT2D eigenvalue weighted by molar-refractivity contribution is 6.32. The largest absolute Gasteiger partial charge is 0.487 e. The maximum atomic E-state index is 13.5. The summed E-state index contributed by atoms with van der Waals surface area (Å²) in [5.41, 5.74) is 4.03. The van der Waals surface area contributed by atoms with Crippen LogP contribution in [-0.4, -0.2) is 49.0 Å². The van der Waals surface area contributed by atoms with Crippen LogP contribution in [0.1, 0.15) is 38.3 Å². The fourth-order valence-corrected chi connectivity index (χ4v) is 5.52. The molecule has 1 N–H and O–H groups in total. The lowest BCUT2D eigenvalue weighted by Gasteiger charge is -2.43. The van der Waals surface area contributed by atoms with E-state index in [9.17, 15) is 4.39 Å². The number of hydrogen-bond acceptors (Lipinski definition) is 7. The van der Waals surface area contributed by atoms with Crippen LogP contribution >= 0.6 is 11.6 Å². The second-order valence-corrected chi connectivity index (χ2v) is 10.7. The van der Waals surface area contributed by atoms with E-state index in [4.69, 9.17) is 16.3 Å². The highest BCUT2D eigenvalue weighted by Gasteiger charge is 2.32. The number of anilines is 2. The number of halogens is 2. The summed E-state index contributed by atoms with van der Waals surface area (Å²) in [5, 5.41) is 13.5. The van der Waals surface area contributed by atoms with Gasteiger partial charge in [0.25, 0.3) is 0 Å². The van der Waals surface area contributed by atoms with E-state index in [1.165, 1.54) is 31.3 Å². The van der Waals surface area contributed by atoms with Crippen LogP contribution in [0.2, 0.25) is 5.02 Å². The lowest BCUT2D eigenvalue weighted by molar-refractivity contribution is 0.0481. The highest BCUT2D eigenvalue weighted by atomic mass is 35.5. The summed E-state index contributed by atoms with van der Waals surface area (Å²) in [5.74, 6) is 0.853. The van der Waals surface area contributed by atoms with Gasteiger partial charge in [0.15, 0.2) is 0 Å². The second-order valence-electron chi connectivity index (χ2n) is 10.3. The molecule has 0 amide bonds. The predicted molar refractivity (Wildman–Crippen MR) is 159 cm³/mol. The van der Waals surface area contributed by atoms with Crippen LogP contribution in [-0.2, 0) is 6.61 Å². The van der Waals surface area contributed by atoms with Gasteiger partial charge in [-0.2, -0.15) is 0 Å². The fraction of sp³-hybridized carbons (Fsp3) is 0.290. The molecule has 5 aromatic rings. The number of hydrogen-bond donors (Lipinski definition) is 1. The molecule has 6 rings (SSSR count). The van der Waals surface area contributed by atoms with Crippen LogP contribution in [0.25, 0.3) is 22.2 Å². The summed E-state index contributed by atoms with van der Waals surface area (Å²) in [6.45, 7) is 6.72. The molecule has 0 saturated carbocycles.